The van der Waals surface area contributed by atoms with Gasteiger partial charge in [0.1, 0.15) is 5.52 Å². The van der Waals surface area contributed by atoms with Crippen LogP contribution in [0.15, 0.2) is 42.5 Å². The maximum Gasteiger partial charge on any atom is 0.253 e. The van der Waals surface area contributed by atoms with Crippen LogP contribution < -0.4 is 0 Å². The van der Waals surface area contributed by atoms with Crippen LogP contribution in [-0.4, -0.2) is 38.9 Å². The number of hydrogen-bond donors (Lipinski definition) is 0. The predicted molar refractivity (Wildman–Crippen MR) is 97.6 cm³/mol. The van der Waals surface area contributed by atoms with E-state index >= 15 is 0 Å². The lowest BCUT2D eigenvalue weighted by atomic mass is 10.1. The monoisotopic (exact) mass is 334 g/mol. The number of aromatic nitrogens is 3. The first-order valence-corrected chi connectivity index (χ1v) is 8.89. The Kier molecular flexibility index (Phi) is 4.22. The van der Waals surface area contributed by atoms with E-state index in [1.807, 2.05) is 27.8 Å². The molecule has 5 nitrogen and oxygen atoms in total. The van der Waals surface area contributed by atoms with Gasteiger partial charge in [-0.05, 0) is 49.9 Å². The Balaban J connectivity index is 1.58. The molecule has 0 atom stereocenters. The van der Waals surface area contributed by atoms with E-state index in [0.717, 1.165) is 37.0 Å². The highest BCUT2D eigenvalue weighted by molar-refractivity contribution is 5.97. The highest BCUT2D eigenvalue weighted by Crippen LogP contribution is 2.18. The highest BCUT2D eigenvalue weighted by atomic mass is 16.2. The Morgan fingerprint density at radius 2 is 1.80 bits per heavy atom. The van der Waals surface area contributed by atoms with Crippen LogP contribution >= 0.6 is 0 Å². The van der Waals surface area contributed by atoms with Crippen LogP contribution in [0.4, 0.5) is 0 Å². The van der Waals surface area contributed by atoms with Crippen LogP contribution in [0.2, 0.25) is 0 Å². The molecule has 0 aliphatic carbocycles. The molecule has 4 rings (SSSR count). The van der Waals surface area contributed by atoms with Gasteiger partial charge in [-0.25, -0.2) is 4.68 Å². The molecule has 2 aromatic carbocycles. The van der Waals surface area contributed by atoms with Crippen molar-refractivity contribution in [1.29, 1.82) is 0 Å². The summed E-state index contributed by atoms with van der Waals surface area (Å²) < 4.78 is 1.88. The van der Waals surface area contributed by atoms with Gasteiger partial charge < -0.3 is 4.90 Å². The molecule has 128 valence electrons. The summed E-state index contributed by atoms with van der Waals surface area (Å²) in [6.07, 6.45) is 3.41. The van der Waals surface area contributed by atoms with E-state index in [0.29, 0.717) is 12.1 Å². The van der Waals surface area contributed by atoms with Crippen molar-refractivity contribution >= 4 is 16.9 Å². The van der Waals surface area contributed by atoms with Crippen LogP contribution in [0.25, 0.3) is 11.0 Å². The van der Waals surface area contributed by atoms with Gasteiger partial charge in [-0.2, -0.15) is 0 Å². The number of piperidine rings is 1. The quantitative estimate of drug-likeness (QED) is 0.737. The van der Waals surface area contributed by atoms with E-state index in [2.05, 4.69) is 41.5 Å². The van der Waals surface area contributed by atoms with Crippen LogP contribution in [0, 0.1) is 6.92 Å². The summed E-state index contributed by atoms with van der Waals surface area (Å²) in [4.78, 5) is 14.6. The lowest BCUT2D eigenvalue weighted by Gasteiger charge is -2.26. The Morgan fingerprint density at radius 3 is 2.56 bits per heavy atom. The van der Waals surface area contributed by atoms with Gasteiger partial charge in [-0.3, -0.25) is 4.79 Å². The fourth-order valence-corrected chi connectivity index (χ4v) is 3.37. The number of carbonyl (C=O) groups excluding carboxylic acids is 1. The second-order valence-corrected chi connectivity index (χ2v) is 6.79. The second-order valence-electron chi connectivity index (χ2n) is 6.79. The summed E-state index contributed by atoms with van der Waals surface area (Å²) >= 11 is 0. The van der Waals surface area contributed by atoms with Gasteiger partial charge in [0.15, 0.2) is 0 Å². The first kappa shape index (κ1) is 15.8. The number of carbonyl (C=O) groups is 1. The van der Waals surface area contributed by atoms with Crippen LogP contribution in [-0.2, 0) is 6.54 Å². The van der Waals surface area contributed by atoms with Crippen LogP contribution in [0.1, 0.15) is 40.7 Å². The third-order valence-electron chi connectivity index (χ3n) is 4.86. The minimum atomic E-state index is 0.106. The van der Waals surface area contributed by atoms with Gasteiger partial charge in [0.25, 0.3) is 5.91 Å². The van der Waals surface area contributed by atoms with Gasteiger partial charge in [-0.15, -0.1) is 5.10 Å². The average molecular weight is 334 g/mol. The number of rotatable bonds is 3. The van der Waals surface area contributed by atoms with Crippen LogP contribution in [0.3, 0.4) is 0 Å². The number of nitrogens with zero attached hydrogens (tertiary/aromatic N) is 4. The molecule has 2 heterocycles. The molecule has 3 aromatic rings. The minimum absolute atomic E-state index is 0.106. The number of amides is 1. The minimum Gasteiger partial charge on any atom is -0.339 e. The average Bonchev–Trinajstić information content (AvgIpc) is 3.06. The molecule has 0 radical (unpaired) electrons. The standard InChI is InChI=1S/C20H22N4O/c1-15-5-7-16(8-6-15)14-24-19-10-9-17(13-18(19)21-22-24)20(25)23-11-3-2-4-12-23/h5-10,13H,2-4,11-12,14H2,1H3. The molecule has 0 spiro atoms. The fourth-order valence-electron chi connectivity index (χ4n) is 3.37. The third kappa shape index (κ3) is 3.27. The second kappa shape index (κ2) is 6.67. The van der Waals surface area contributed by atoms with Crippen molar-refractivity contribution in [3.8, 4) is 0 Å². The fraction of sp³-hybridized carbons (Fsp3) is 0.350. The number of benzene rings is 2. The Bertz CT molecular complexity index is 892. The normalized spacial score (nSPS) is 14.8. The van der Waals surface area contributed by atoms with Crippen molar-refractivity contribution in [3.63, 3.8) is 0 Å². The number of aryl methyl sites for hydroxylation is 1. The molecule has 0 saturated carbocycles. The topological polar surface area (TPSA) is 51.0 Å². The lowest BCUT2D eigenvalue weighted by molar-refractivity contribution is 0.0724. The Morgan fingerprint density at radius 1 is 1.04 bits per heavy atom. The van der Waals surface area contributed by atoms with Gasteiger partial charge in [0, 0.05) is 18.7 Å². The van der Waals surface area contributed by atoms with Crippen molar-refractivity contribution < 1.29 is 4.79 Å². The molecule has 1 fully saturated rings. The zero-order valence-electron chi connectivity index (χ0n) is 14.5. The summed E-state index contributed by atoms with van der Waals surface area (Å²) in [6, 6.07) is 14.1. The zero-order valence-corrected chi connectivity index (χ0v) is 14.5. The molecule has 1 saturated heterocycles. The van der Waals surface area contributed by atoms with Gasteiger partial charge in [0.05, 0.1) is 12.1 Å². The molecule has 1 aliphatic heterocycles. The van der Waals surface area contributed by atoms with E-state index in [-0.39, 0.29) is 5.91 Å². The molecule has 0 bridgehead atoms. The molecule has 1 aliphatic rings. The maximum atomic E-state index is 12.6. The van der Waals surface area contributed by atoms with Gasteiger partial charge in [0.2, 0.25) is 0 Å². The summed E-state index contributed by atoms with van der Waals surface area (Å²) in [5, 5.41) is 8.53. The zero-order chi connectivity index (χ0) is 17.2. The molecule has 0 unspecified atom stereocenters. The van der Waals surface area contributed by atoms with E-state index in [1.54, 1.807) is 0 Å². The Hall–Kier alpha value is -2.69. The molecule has 1 amide bonds. The smallest absolute Gasteiger partial charge is 0.253 e. The van der Waals surface area contributed by atoms with Crippen molar-refractivity contribution in [3.05, 3.63) is 59.2 Å². The Labute approximate surface area is 147 Å². The molecule has 1 aromatic heterocycles. The van der Waals surface area contributed by atoms with E-state index in [1.165, 1.54) is 17.5 Å². The maximum absolute atomic E-state index is 12.6. The van der Waals surface area contributed by atoms with Crippen LogP contribution in [0.5, 0.6) is 0 Å². The van der Waals surface area contributed by atoms with Gasteiger partial charge >= 0.3 is 0 Å². The summed E-state index contributed by atoms with van der Waals surface area (Å²) in [7, 11) is 0. The van der Waals surface area contributed by atoms with Gasteiger partial charge in [-0.1, -0.05) is 35.0 Å². The molecule has 0 N–H and O–H groups in total. The lowest BCUT2D eigenvalue weighted by Crippen LogP contribution is -2.35. The van der Waals surface area contributed by atoms with Crippen molar-refractivity contribution in [2.45, 2.75) is 32.7 Å². The molecule has 25 heavy (non-hydrogen) atoms. The number of fused-ring (bicyclic) bond motifs is 1. The highest BCUT2D eigenvalue weighted by Gasteiger charge is 2.19. The molecular weight excluding hydrogens is 312 g/mol. The van der Waals surface area contributed by atoms with Crippen molar-refractivity contribution in [2.75, 3.05) is 13.1 Å². The summed E-state index contributed by atoms with van der Waals surface area (Å²) in [5.74, 6) is 0.106. The molecule has 5 heteroatoms. The summed E-state index contributed by atoms with van der Waals surface area (Å²) in [6.45, 7) is 4.47. The number of likely N-dealkylation sites (tertiary alicyclic amines) is 1. The third-order valence-corrected chi connectivity index (χ3v) is 4.86. The number of hydrogen-bond acceptors (Lipinski definition) is 3. The first-order chi connectivity index (χ1) is 12.2. The first-order valence-electron chi connectivity index (χ1n) is 8.89. The largest absolute Gasteiger partial charge is 0.339 e. The van der Waals surface area contributed by atoms with Crippen molar-refractivity contribution in [1.82, 2.24) is 19.9 Å². The SMILES string of the molecule is Cc1ccc(Cn2nnc3cc(C(=O)N4CCCCC4)ccc32)cc1. The van der Waals surface area contributed by atoms with E-state index in [9.17, 15) is 4.79 Å². The van der Waals surface area contributed by atoms with E-state index in [4.69, 9.17) is 0 Å². The van der Waals surface area contributed by atoms with Crippen molar-refractivity contribution in [2.24, 2.45) is 0 Å². The molecular formula is C20H22N4O. The predicted octanol–water partition coefficient (Wildman–Crippen LogP) is 3.41. The van der Waals surface area contributed by atoms with E-state index < -0.39 is 0 Å². The summed E-state index contributed by atoms with van der Waals surface area (Å²) in [5.41, 5.74) is 4.86.